The van der Waals surface area contributed by atoms with Gasteiger partial charge in [0.05, 0.1) is 5.56 Å². The van der Waals surface area contributed by atoms with Crippen LogP contribution in [-0.2, 0) is 15.7 Å². The van der Waals surface area contributed by atoms with Crippen LogP contribution in [0.25, 0.3) is 11.3 Å². The van der Waals surface area contributed by atoms with Crippen LogP contribution in [0.4, 0.5) is 13.2 Å². The fraction of sp³-hybridized carbons (Fsp3) is 0.136. The molecule has 3 rings (SSSR count). The van der Waals surface area contributed by atoms with Crippen molar-refractivity contribution in [1.29, 1.82) is 0 Å². The van der Waals surface area contributed by atoms with E-state index in [1.807, 2.05) is 6.92 Å². The highest BCUT2D eigenvalue weighted by Crippen LogP contribution is 2.32. The number of alkyl halides is 3. The van der Waals surface area contributed by atoms with Gasteiger partial charge in [0, 0.05) is 11.1 Å². The van der Waals surface area contributed by atoms with E-state index < -0.39 is 36.1 Å². The fourth-order valence-corrected chi connectivity index (χ4v) is 2.59. The first-order chi connectivity index (χ1) is 15.1. The number of amides is 2. The SMILES string of the molecule is Cc1ccc(C(=O)NNC(=O)COC(=O)c2ccc(-c3cccc(C(F)(F)F)c3)o2)cc1. The molecule has 0 radical (unpaired) electrons. The molecule has 7 nitrogen and oxygen atoms in total. The van der Waals surface area contributed by atoms with Crippen molar-refractivity contribution < 1.29 is 36.7 Å². The van der Waals surface area contributed by atoms with E-state index in [1.165, 1.54) is 24.3 Å². The maximum atomic E-state index is 12.8. The molecule has 0 atom stereocenters. The highest BCUT2D eigenvalue weighted by atomic mass is 19.4. The normalized spacial score (nSPS) is 11.0. The maximum absolute atomic E-state index is 12.8. The molecule has 0 spiro atoms. The third kappa shape index (κ3) is 5.75. The number of hydrogen-bond donors (Lipinski definition) is 2. The molecule has 1 aromatic heterocycles. The minimum Gasteiger partial charge on any atom is -0.450 e. The lowest BCUT2D eigenvalue weighted by atomic mass is 10.1. The lowest BCUT2D eigenvalue weighted by Gasteiger charge is -2.08. The monoisotopic (exact) mass is 446 g/mol. The molecule has 2 amide bonds. The van der Waals surface area contributed by atoms with Crippen LogP contribution in [0.5, 0.6) is 0 Å². The van der Waals surface area contributed by atoms with Crippen LogP contribution in [0.15, 0.2) is 65.1 Å². The van der Waals surface area contributed by atoms with Crippen LogP contribution in [0, 0.1) is 6.92 Å². The Hall–Kier alpha value is -4.08. The van der Waals surface area contributed by atoms with Gasteiger partial charge < -0.3 is 9.15 Å². The molecular formula is C22H17F3N2O5. The summed E-state index contributed by atoms with van der Waals surface area (Å²) in [5.74, 6) is -2.63. The zero-order valence-electron chi connectivity index (χ0n) is 16.7. The van der Waals surface area contributed by atoms with E-state index in [9.17, 15) is 27.6 Å². The molecular weight excluding hydrogens is 429 g/mol. The number of aryl methyl sites for hydroxylation is 1. The van der Waals surface area contributed by atoms with Gasteiger partial charge in [0.15, 0.2) is 6.61 Å². The van der Waals surface area contributed by atoms with Crippen LogP contribution < -0.4 is 10.9 Å². The van der Waals surface area contributed by atoms with Crippen LogP contribution in [0.2, 0.25) is 0 Å². The van der Waals surface area contributed by atoms with Gasteiger partial charge in [-0.05, 0) is 43.3 Å². The van der Waals surface area contributed by atoms with Gasteiger partial charge in [-0.1, -0.05) is 29.8 Å². The van der Waals surface area contributed by atoms with Crippen molar-refractivity contribution in [3.63, 3.8) is 0 Å². The smallest absolute Gasteiger partial charge is 0.416 e. The van der Waals surface area contributed by atoms with Gasteiger partial charge in [-0.25, -0.2) is 4.79 Å². The first-order valence-corrected chi connectivity index (χ1v) is 9.24. The molecule has 1 heterocycles. The Morgan fingerprint density at radius 1 is 0.969 bits per heavy atom. The summed E-state index contributed by atoms with van der Waals surface area (Å²) in [6.45, 7) is 1.14. The Balaban J connectivity index is 1.52. The first kappa shape index (κ1) is 22.6. The van der Waals surface area contributed by atoms with Crippen molar-refractivity contribution in [3.8, 4) is 11.3 Å². The third-order valence-corrected chi connectivity index (χ3v) is 4.25. The highest BCUT2D eigenvalue weighted by molar-refractivity contribution is 5.95. The van der Waals surface area contributed by atoms with E-state index in [-0.39, 0.29) is 17.1 Å². The quantitative estimate of drug-likeness (QED) is 0.458. The van der Waals surface area contributed by atoms with Gasteiger partial charge in [-0.2, -0.15) is 13.2 Å². The number of carbonyl (C=O) groups excluding carboxylic acids is 3. The fourth-order valence-electron chi connectivity index (χ4n) is 2.59. The van der Waals surface area contributed by atoms with E-state index in [4.69, 9.17) is 9.15 Å². The molecule has 0 saturated heterocycles. The minimum absolute atomic E-state index is 0.0258. The molecule has 0 saturated carbocycles. The summed E-state index contributed by atoms with van der Waals surface area (Å²) in [7, 11) is 0. The van der Waals surface area contributed by atoms with Gasteiger partial charge in [-0.15, -0.1) is 0 Å². The summed E-state index contributed by atoms with van der Waals surface area (Å²) >= 11 is 0. The van der Waals surface area contributed by atoms with E-state index in [0.29, 0.717) is 5.56 Å². The third-order valence-electron chi connectivity index (χ3n) is 4.25. The molecule has 0 bridgehead atoms. The van der Waals surface area contributed by atoms with Crippen molar-refractivity contribution in [2.24, 2.45) is 0 Å². The second-order valence-corrected chi connectivity index (χ2v) is 6.69. The Morgan fingerprint density at radius 3 is 2.38 bits per heavy atom. The van der Waals surface area contributed by atoms with Crippen molar-refractivity contribution in [1.82, 2.24) is 10.9 Å². The van der Waals surface area contributed by atoms with Crippen molar-refractivity contribution in [2.45, 2.75) is 13.1 Å². The number of hydrogen-bond acceptors (Lipinski definition) is 5. The zero-order valence-corrected chi connectivity index (χ0v) is 16.7. The minimum atomic E-state index is -4.52. The Labute approximate surface area is 180 Å². The number of benzene rings is 2. The van der Waals surface area contributed by atoms with Gasteiger partial charge in [0.2, 0.25) is 5.76 Å². The number of esters is 1. The number of rotatable bonds is 5. The van der Waals surface area contributed by atoms with Crippen molar-refractivity contribution in [2.75, 3.05) is 6.61 Å². The zero-order chi connectivity index (χ0) is 23.3. The van der Waals surface area contributed by atoms with Crippen LogP contribution in [0.1, 0.15) is 32.0 Å². The van der Waals surface area contributed by atoms with Crippen molar-refractivity contribution >= 4 is 17.8 Å². The maximum Gasteiger partial charge on any atom is 0.416 e. The predicted molar refractivity (Wildman–Crippen MR) is 106 cm³/mol. The van der Waals surface area contributed by atoms with E-state index in [2.05, 4.69) is 10.9 Å². The lowest BCUT2D eigenvalue weighted by Crippen LogP contribution is -2.43. The molecule has 0 aliphatic carbocycles. The Kier molecular flexibility index (Phi) is 6.62. The molecule has 32 heavy (non-hydrogen) atoms. The number of furan rings is 1. The number of hydrazine groups is 1. The van der Waals surface area contributed by atoms with Crippen LogP contribution in [0.3, 0.4) is 0 Å². The number of nitrogens with one attached hydrogen (secondary N) is 2. The average molecular weight is 446 g/mol. The summed E-state index contributed by atoms with van der Waals surface area (Å²) in [6.07, 6.45) is -4.52. The van der Waals surface area contributed by atoms with E-state index >= 15 is 0 Å². The van der Waals surface area contributed by atoms with Gasteiger partial charge in [0.25, 0.3) is 11.8 Å². The lowest BCUT2D eigenvalue weighted by molar-refractivity contribution is -0.137. The second-order valence-electron chi connectivity index (χ2n) is 6.69. The Bertz CT molecular complexity index is 1140. The predicted octanol–water partition coefficient (Wildman–Crippen LogP) is 3.89. The summed E-state index contributed by atoms with van der Waals surface area (Å²) in [5, 5.41) is 0. The standard InChI is InChI=1S/C22H17F3N2O5/c1-13-5-7-14(8-6-13)20(29)27-26-19(28)12-31-21(30)18-10-9-17(32-18)15-3-2-4-16(11-15)22(23,24)25/h2-11H,12H2,1H3,(H,26,28)(H,27,29). The molecule has 2 aromatic carbocycles. The first-order valence-electron chi connectivity index (χ1n) is 9.24. The second kappa shape index (κ2) is 9.38. The summed E-state index contributed by atoms with van der Waals surface area (Å²) in [6, 6.07) is 13.6. The largest absolute Gasteiger partial charge is 0.450 e. The highest BCUT2D eigenvalue weighted by Gasteiger charge is 2.30. The van der Waals surface area contributed by atoms with E-state index in [1.54, 1.807) is 24.3 Å². The molecule has 0 fully saturated rings. The molecule has 166 valence electrons. The number of ether oxygens (including phenoxy) is 1. The summed E-state index contributed by atoms with van der Waals surface area (Å²) in [4.78, 5) is 35.8. The molecule has 0 aliphatic rings. The van der Waals surface area contributed by atoms with Gasteiger partial charge in [-0.3, -0.25) is 20.4 Å². The summed E-state index contributed by atoms with van der Waals surface area (Å²) in [5.41, 5.74) is 4.83. The average Bonchev–Trinajstić information content (AvgIpc) is 3.26. The van der Waals surface area contributed by atoms with Gasteiger partial charge in [0.1, 0.15) is 5.76 Å². The topological polar surface area (TPSA) is 97.6 Å². The number of carbonyl (C=O) groups is 3. The van der Waals surface area contributed by atoms with Crippen molar-refractivity contribution in [3.05, 3.63) is 83.1 Å². The molecule has 10 heteroatoms. The van der Waals surface area contributed by atoms with Crippen LogP contribution >= 0.6 is 0 Å². The molecule has 0 unspecified atom stereocenters. The Morgan fingerprint density at radius 2 is 1.69 bits per heavy atom. The molecule has 3 aromatic rings. The van der Waals surface area contributed by atoms with Crippen LogP contribution in [-0.4, -0.2) is 24.4 Å². The van der Waals surface area contributed by atoms with Gasteiger partial charge >= 0.3 is 12.1 Å². The molecule has 0 aliphatic heterocycles. The molecule has 2 N–H and O–H groups in total. The van der Waals surface area contributed by atoms with E-state index in [0.717, 1.165) is 17.7 Å². The number of halogens is 3. The summed E-state index contributed by atoms with van der Waals surface area (Å²) < 4.78 is 48.6.